The summed E-state index contributed by atoms with van der Waals surface area (Å²) >= 11 is 0. The molecule has 2 N–H and O–H groups in total. The van der Waals surface area contributed by atoms with Gasteiger partial charge in [-0.05, 0) is 38.1 Å². The number of rotatable bonds is 5. The molecule has 116 valence electrons. The molecule has 5 nitrogen and oxygen atoms in total. The Hall–Kier alpha value is -2.63. The van der Waals surface area contributed by atoms with Crippen molar-refractivity contribution in [2.45, 2.75) is 19.9 Å². The maximum atomic E-state index is 13.7. The van der Waals surface area contributed by atoms with E-state index in [-0.39, 0.29) is 23.0 Å². The van der Waals surface area contributed by atoms with Crippen LogP contribution >= 0.6 is 0 Å². The molecule has 0 bridgehead atoms. The van der Waals surface area contributed by atoms with Crippen molar-refractivity contribution in [1.82, 2.24) is 10.6 Å². The lowest BCUT2D eigenvalue weighted by molar-refractivity contribution is -0.122. The van der Waals surface area contributed by atoms with Gasteiger partial charge >= 0.3 is 0 Å². The molecule has 0 saturated heterocycles. The molecule has 0 unspecified atom stereocenters. The summed E-state index contributed by atoms with van der Waals surface area (Å²) in [5.41, 5.74) is 0.276. The first-order valence-electron chi connectivity index (χ1n) is 6.96. The van der Waals surface area contributed by atoms with Crippen LogP contribution in [0, 0.1) is 5.82 Å². The van der Waals surface area contributed by atoms with Crippen molar-refractivity contribution in [3.8, 4) is 11.3 Å². The summed E-state index contributed by atoms with van der Waals surface area (Å²) in [4.78, 5) is 23.6. The number of nitrogens with one attached hydrogen (secondary N) is 2. The Morgan fingerprint density at radius 1 is 1.23 bits per heavy atom. The average Bonchev–Trinajstić information content (AvgIpc) is 2.97. The van der Waals surface area contributed by atoms with E-state index in [9.17, 15) is 14.0 Å². The normalized spacial score (nSPS) is 11.8. The second-order valence-electron chi connectivity index (χ2n) is 4.73. The van der Waals surface area contributed by atoms with Crippen LogP contribution < -0.4 is 10.6 Å². The van der Waals surface area contributed by atoms with E-state index in [1.165, 1.54) is 18.2 Å². The van der Waals surface area contributed by atoms with E-state index in [1.807, 2.05) is 0 Å². The van der Waals surface area contributed by atoms with Gasteiger partial charge in [0.15, 0.2) is 5.76 Å². The molecule has 0 aliphatic carbocycles. The van der Waals surface area contributed by atoms with Crippen LogP contribution in [0.5, 0.6) is 0 Å². The van der Waals surface area contributed by atoms with Gasteiger partial charge in [0.05, 0.1) is 5.56 Å². The van der Waals surface area contributed by atoms with Crippen LogP contribution in [0.15, 0.2) is 40.8 Å². The Morgan fingerprint density at radius 2 is 1.95 bits per heavy atom. The molecule has 0 radical (unpaired) electrons. The Labute approximate surface area is 127 Å². The maximum Gasteiger partial charge on any atom is 0.287 e. The molecule has 0 saturated carbocycles. The van der Waals surface area contributed by atoms with Gasteiger partial charge < -0.3 is 15.1 Å². The monoisotopic (exact) mass is 304 g/mol. The molecule has 1 aromatic carbocycles. The molecule has 2 amide bonds. The predicted molar refractivity (Wildman–Crippen MR) is 79.7 cm³/mol. The molecule has 6 heteroatoms. The second-order valence-corrected chi connectivity index (χ2v) is 4.73. The molecule has 0 fully saturated rings. The Kier molecular flexibility index (Phi) is 4.93. The number of hydrogen-bond donors (Lipinski definition) is 2. The molecular weight excluding hydrogens is 287 g/mol. The van der Waals surface area contributed by atoms with Crippen molar-refractivity contribution in [1.29, 1.82) is 0 Å². The quantitative estimate of drug-likeness (QED) is 0.890. The first kappa shape index (κ1) is 15.8. The van der Waals surface area contributed by atoms with E-state index in [2.05, 4.69) is 10.6 Å². The molecule has 1 aromatic heterocycles. The van der Waals surface area contributed by atoms with E-state index in [0.29, 0.717) is 6.54 Å². The zero-order valence-corrected chi connectivity index (χ0v) is 12.4. The molecule has 0 spiro atoms. The van der Waals surface area contributed by atoms with Gasteiger partial charge in [-0.25, -0.2) is 4.39 Å². The lowest BCUT2D eigenvalue weighted by Gasteiger charge is -2.12. The Bertz CT molecular complexity index is 682. The zero-order chi connectivity index (χ0) is 16.1. The molecule has 1 heterocycles. The van der Waals surface area contributed by atoms with Crippen molar-refractivity contribution in [2.24, 2.45) is 0 Å². The van der Waals surface area contributed by atoms with Gasteiger partial charge in [0.25, 0.3) is 5.91 Å². The highest BCUT2D eigenvalue weighted by Crippen LogP contribution is 2.24. The van der Waals surface area contributed by atoms with Crippen LogP contribution in [-0.2, 0) is 4.79 Å². The van der Waals surface area contributed by atoms with E-state index in [1.54, 1.807) is 32.0 Å². The van der Waals surface area contributed by atoms with E-state index in [0.717, 1.165) is 0 Å². The zero-order valence-electron chi connectivity index (χ0n) is 12.4. The highest BCUT2D eigenvalue weighted by molar-refractivity contribution is 5.95. The third-order valence-electron chi connectivity index (χ3n) is 3.06. The highest BCUT2D eigenvalue weighted by atomic mass is 19.1. The van der Waals surface area contributed by atoms with Crippen LogP contribution in [0.1, 0.15) is 24.4 Å². The number of amides is 2. The average molecular weight is 304 g/mol. The SMILES string of the molecule is CCNC(=O)[C@@H](C)NC(=O)c1ccc(-c2ccccc2F)o1. The summed E-state index contributed by atoms with van der Waals surface area (Å²) in [6.45, 7) is 3.85. The third kappa shape index (κ3) is 3.52. The van der Waals surface area contributed by atoms with Gasteiger partial charge in [0, 0.05) is 6.54 Å². The minimum absolute atomic E-state index is 0.0226. The molecule has 0 aliphatic heterocycles. The fourth-order valence-electron chi connectivity index (χ4n) is 1.93. The summed E-state index contributed by atoms with van der Waals surface area (Å²) in [7, 11) is 0. The van der Waals surface area contributed by atoms with Gasteiger partial charge in [-0.1, -0.05) is 12.1 Å². The van der Waals surface area contributed by atoms with Gasteiger partial charge in [-0.3, -0.25) is 9.59 Å². The maximum absolute atomic E-state index is 13.7. The molecule has 0 aliphatic rings. The Morgan fingerprint density at radius 3 is 2.64 bits per heavy atom. The lowest BCUT2D eigenvalue weighted by Crippen LogP contribution is -2.44. The summed E-state index contributed by atoms with van der Waals surface area (Å²) in [6, 6.07) is 8.41. The topological polar surface area (TPSA) is 71.3 Å². The van der Waals surface area contributed by atoms with E-state index in [4.69, 9.17) is 4.42 Å². The van der Waals surface area contributed by atoms with E-state index >= 15 is 0 Å². The first-order valence-corrected chi connectivity index (χ1v) is 6.96. The largest absolute Gasteiger partial charge is 0.451 e. The fourth-order valence-corrected chi connectivity index (χ4v) is 1.93. The number of carbonyl (C=O) groups excluding carboxylic acids is 2. The minimum Gasteiger partial charge on any atom is -0.451 e. The molecule has 2 aromatic rings. The van der Waals surface area contributed by atoms with Crippen molar-refractivity contribution >= 4 is 11.8 Å². The van der Waals surface area contributed by atoms with Crippen LogP contribution in [-0.4, -0.2) is 24.4 Å². The molecule has 22 heavy (non-hydrogen) atoms. The number of hydrogen-bond acceptors (Lipinski definition) is 3. The smallest absolute Gasteiger partial charge is 0.287 e. The lowest BCUT2D eigenvalue weighted by atomic mass is 10.1. The van der Waals surface area contributed by atoms with Crippen molar-refractivity contribution in [3.63, 3.8) is 0 Å². The summed E-state index contributed by atoms with van der Waals surface area (Å²) in [5, 5.41) is 5.13. The number of halogens is 1. The van der Waals surface area contributed by atoms with Crippen molar-refractivity contribution in [2.75, 3.05) is 6.54 Å². The minimum atomic E-state index is -0.686. The van der Waals surface area contributed by atoms with Gasteiger partial charge in [-0.15, -0.1) is 0 Å². The number of likely N-dealkylation sites (N-methyl/N-ethyl adjacent to an activating group) is 1. The first-order chi connectivity index (χ1) is 10.5. The van der Waals surface area contributed by atoms with Crippen LogP contribution in [0.25, 0.3) is 11.3 Å². The summed E-state index contributed by atoms with van der Waals surface area (Å²) in [6.07, 6.45) is 0. The Balaban J connectivity index is 2.10. The van der Waals surface area contributed by atoms with E-state index < -0.39 is 17.8 Å². The van der Waals surface area contributed by atoms with Gasteiger partial charge in [0.1, 0.15) is 17.6 Å². The van der Waals surface area contributed by atoms with Crippen LogP contribution in [0.2, 0.25) is 0 Å². The van der Waals surface area contributed by atoms with Crippen LogP contribution in [0.4, 0.5) is 4.39 Å². The van der Waals surface area contributed by atoms with Crippen molar-refractivity contribution < 1.29 is 18.4 Å². The predicted octanol–water partition coefficient (Wildman–Crippen LogP) is 2.34. The number of carbonyl (C=O) groups is 2. The standard InChI is InChI=1S/C16H17FN2O3/c1-3-18-15(20)10(2)19-16(21)14-9-8-13(22-14)11-6-4-5-7-12(11)17/h4-10H,3H2,1-2H3,(H,18,20)(H,19,21)/t10-/m1/s1. The highest BCUT2D eigenvalue weighted by Gasteiger charge is 2.19. The number of benzene rings is 1. The molecule has 1 atom stereocenters. The fraction of sp³-hybridized carbons (Fsp3) is 0.250. The summed E-state index contributed by atoms with van der Waals surface area (Å²) < 4.78 is 19.0. The molecular formula is C16H17FN2O3. The van der Waals surface area contributed by atoms with Crippen LogP contribution in [0.3, 0.4) is 0 Å². The van der Waals surface area contributed by atoms with Gasteiger partial charge in [0.2, 0.25) is 5.91 Å². The molecule has 2 rings (SSSR count). The number of furan rings is 1. The van der Waals surface area contributed by atoms with Crippen molar-refractivity contribution in [3.05, 3.63) is 48.0 Å². The van der Waals surface area contributed by atoms with Gasteiger partial charge in [-0.2, -0.15) is 0 Å². The third-order valence-corrected chi connectivity index (χ3v) is 3.06. The summed E-state index contributed by atoms with van der Waals surface area (Å²) in [5.74, 6) is -0.958. The second kappa shape index (κ2) is 6.89.